The van der Waals surface area contributed by atoms with Crippen molar-refractivity contribution < 1.29 is 28.7 Å². The van der Waals surface area contributed by atoms with Gasteiger partial charge in [-0.1, -0.05) is 6.92 Å². The molecule has 0 spiro atoms. The maximum absolute atomic E-state index is 11.6. The standard InChI is InChI=1S/C9H15NO2.C6H10O2.CO2/c1-7-6-8(7)9(11)10-2-4-12-5-3-10;1-2-8-6(7)5-3-4-5;2-1-3/h7-8H,2-6H2,1H3;5H,2-4H2,1H3;/t7-,8-;;/m0../s1. The summed E-state index contributed by atoms with van der Waals surface area (Å²) in [6.45, 7) is 7.52. The third-order valence-electron chi connectivity index (χ3n) is 3.95. The predicted molar refractivity (Wildman–Crippen MR) is 79.0 cm³/mol. The maximum atomic E-state index is 11.6. The number of esters is 1. The van der Waals surface area contributed by atoms with Crippen molar-refractivity contribution in [2.45, 2.75) is 33.1 Å². The van der Waals surface area contributed by atoms with Gasteiger partial charge < -0.3 is 14.4 Å². The second kappa shape index (κ2) is 10.1. The fraction of sp³-hybridized carbons (Fsp3) is 0.812. The molecule has 7 heteroatoms. The number of hydrogen-bond donors (Lipinski definition) is 0. The monoisotopic (exact) mass is 327 g/mol. The lowest BCUT2D eigenvalue weighted by molar-refractivity contribution is -0.191. The first kappa shape index (κ1) is 19.3. The average Bonchev–Trinajstić information content (AvgIpc) is 3.45. The third-order valence-corrected chi connectivity index (χ3v) is 3.95. The summed E-state index contributed by atoms with van der Waals surface area (Å²) in [5.74, 6) is 1.57. The summed E-state index contributed by atoms with van der Waals surface area (Å²) in [4.78, 5) is 40.4. The van der Waals surface area contributed by atoms with Crippen LogP contribution < -0.4 is 0 Å². The maximum Gasteiger partial charge on any atom is 0.373 e. The van der Waals surface area contributed by atoms with Gasteiger partial charge in [-0.25, -0.2) is 0 Å². The molecule has 1 heterocycles. The molecule has 2 atom stereocenters. The van der Waals surface area contributed by atoms with Gasteiger partial charge in [-0.05, 0) is 32.1 Å². The van der Waals surface area contributed by atoms with Crippen LogP contribution >= 0.6 is 0 Å². The summed E-state index contributed by atoms with van der Waals surface area (Å²) in [5, 5.41) is 0. The molecule has 23 heavy (non-hydrogen) atoms. The van der Waals surface area contributed by atoms with Crippen LogP contribution in [0.4, 0.5) is 0 Å². The summed E-state index contributed by atoms with van der Waals surface area (Å²) in [7, 11) is 0. The molecular formula is C16H25NO6. The summed E-state index contributed by atoms with van der Waals surface area (Å²) < 4.78 is 9.91. The number of ether oxygens (including phenoxy) is 2. The molecule has 0 bridgehead atoms. The van der Waals surface area contributed by atoms with Crippen LogP contribution in [0, 0.1) is 17.8 Å². The summed E-state index contributed by atoms with van der Waals surface area (Å²) >= 11 is 0. The number of rotatable bonds is 3. The van der Waals surface area contributed by atoms with Crippen molar-refractivity contribution in [2.75, 3.05) is 32.9 Å². The van der Waals surface area contributed by atoms with Crippen LogP contribution in [0.5, 0.6) is 0 Å². The highest BCUT2D eigenvalue weighted by molar-refractivity contribution is 5.81. The molecule has 0 aromatic rings. The minimum absolute atomic E-state index is 0.00694. The Hall–Kier alpha value is -1.72. The van der Waals surface area contributed by atoms with Crippen molar-refractivity contribution in [3.05, 3.63) is 0 Å². The number of hydrogen-bond acceptors (Lipinski definition) is 6. The Bertz CT molecular complexity index is 422. The molecule has 1 aliphatic heterocycles. The minimum atomic E-state index is -0.00694. The van der Waals surface area contributed by atoms with Gasteiger partial charge in [0, 0.05) is 19.0 Å². The van der Waals surface area contributed by atoms with Crippen LogP contribution in [0.15, 0.2) is 0 Å². The molecular weight excluding hydrogens is 302 g/mol. The number of carbonyl (C=O) groups is 2. The van der Waals surface area contributed by atoms with Crippen LogP contribution in [-0.4, -0.2) is 55.8 Å². The molecule has 7 nitrogen and oxygen atoms in total. The van der Waals surface area contributed by atoms with E-state index in [0.717, 1.165) is 32.4 Å². The highest BCUT2D eigenvalue weighted by Crippen LogP contribution is 2.39. The summed E-state index contributed by atoms with van der Waals surface area (Å²) in [5.41, 5.74) is 0. The lowest BCUT2D eigenvalue weighted by Crippen LogP contribution is -2.41. The topological polar surface area (TPSA) is 90.0 Å². The van der Waals surface area contributed by atoms with Crippen molar-refractivity contribution in [1.29, 1.82) is 0 Å². The number of nitrogens with zero attached hydrogens (tertiary/aromatic N) is 1. The fourth-order valence-electron chi connectivity index (χ4n) is 2.26. The van der Waals surface area contributed by atoms with Crippen molar-refractivity contribution in [3.63, 3.8) is 0 Å². The zero-order valence-electron chi connectivity index (χ0n) is 13.8. The Balaban J connectivity index is 0.000000209. The van der Waals surface area contributed by atoms with Crippen LogP contribution in [0.2, 0.25) is 0 Å². The van der Waals surface area contributed by atoms with Gasteiger partial charge in [-0.15, -0.1) is 0 Å². The first-order valence-corrected chi connectivity index (χ1v) is 8.07. The van der Waals surface area contributed by atoms with E-state index in [-0.39, 0.29) is 18.0 Å². The number of morpholine rings is 1. The van der Waals surface area contributed by atoms with Gasteiger partial charge in [-0.2, -0.15) is 9.59 Å². The van der Waals surface area contributed by atoms with Crippen molar-refractivity contribution in [2.24, 2.45) is 17.8 Å². The number of carbonyl (C=O) groups excluding carboxylic acids is 4. The normalized spacial score (nSPS) is 24.9. The van der Waals surface area contributed by atoms with Crippen molar-refractivity contribution in [3.8, 4) is 0 Å². The molecule has 1 saturated heterocycles. The molecule has 0 aromatic heterocycles. The Morgan fingerprint density at radius 1 is 1.22 bits per heavy atom. The van der Waals surface area contributed by atoms with Gasteiger partial charge in [0.05, 0.1) is 25.7 Å². The zero-order chi connectivity index (χ0) is 17.2. The van der Waals surface area contributed by atoms with E-state index in [4.69, 9.17) is 19.1 Å². The Labute approximate surface area is 136 Å². The van der Waals surface area contributed by atoms with Crippen molar-refractivity contribution >= 4 is 18.0 Å². The molecule has 3 fully saturated rings. The van der Waals surface area contributed by atoms with Crippen LogP contribution in [0.3, 0.4) is 0 Å². The van der Waals surface area contributed by atoms with Gasteiger partial charge in [-0.3, -0.25) is 9.59 Å². The SMILES string of the molecule is CCOC(=O)C1CC1.C[C@H]1C[C@@H]1C(=O)N1CCOCC1.O=C=O. The van der Waals surface area contributed by atoms with Gasteiger partial charge in [0.2, 0.25) is 5.91 Å². The van der Waals surface area contributed by atoms with E-state index in [1.807, 2.05) is 11.8 Å². The quantitative estimate of drug-likeness (QED) is 0.715. The first-order valence-electron chi connectivity index (χ1n) is 8.07. The van der Waals surface area contributed by atoms with E-state index in [1.54, 1.807) is 0 Å². The molecule has 0 aromatic carbocycles. The second-order valence-electron chi connectivity index (χ2n) is 5.87. The molecule has 3 aliphatic rings. The lowest BCUT2D eigenvalue weighted by Gasteiger charge is -2.26. The highest BCUT2D eigenvalue weighted by atomic mass is 16.5. The first-order chi connectivity index (χ1) is 11.0. The molecule has 1 amide bonds. The summed E-state index contributed by atoms with van der Waals surface area (Å²) in [6, 6.07) is 0. The van der Waals surface area contributed by atoms with E-state index in [9.17, 15) is 9.59 Å². The zero-order valence-corrected chi connectivity index (χ0v) is 13.8. The van der Waals surface area contributed by atoms with Gasteiger partial charge in [0.1, 0.15) is 0 Å². The van der Waals surface area contributed by atoms with Crippen LogP contribution in [0.25, 0.3) is 0 Å². The predicted octanol–water partition coefficient (Wildman–Crippen LogP) is 0.877. The van der Waals surface area contributed by atoms with Crippen LogP contribution in [0.1, 0.15) is 33.1 Å². The lowest BCUT2D eigenvalue weighted by atomic mass is 10.3. The van der Waals surface area contributed by atoms with E-state index in [0.29, 0.717) is 37.6 Å². The van der Waals surface area contributed by atoms with E-state index >= 15 is 0 Å². The van der Waals surface area contributed by atoms with Crippen LogP contribution in [-0.2, 0) is 28.7 Å². The van der Waals surface area contributed by atoms with Gasteiger partial charge >= 0.3 is 12.1 Å². The minimum Gasteiger partial charge on any atom is -0.466 e. The van der Waals surface area contributed by atoms with E-state index in [2.05, 4.69) is 6.92 Å². The molecule has 2 aliphatic carbocycles. The molecule has 0 radical (unpaired) electrons. The molecule has 3 rings (SSSR count). The largest absolute Gasteiger partial charge is 0.466 e. The highest BCUT2D eigenvalue weighted by Gasteiger charge is 2.41. The Morgan fingerprint density at radius 2 is 1.74 bits per heavy atom. The molecule has 130 valence electrons. The fourth-order valence-corrected chi connectivity index (χ4v) is 2.26. The molecule has 0 N–H and O–H groups in total. The van der Waals surface area contributed by atoms with Gasteiger partial charge in [0.25, 0.3) is 0 Å². The van der Waals surface area contributed by atoms with Gasteiger partial charge in [0.15, 0.2) is 0 Å². The van der Waals surface area contributed by atoms with E-state index < -0.39 is 0 Å². The Morgan fingerprint density at radius 3 is 2.13 bits per heavy atom. The third kappa shape index (κ3) is 7.39. The Kier molecular flexibility index (Phi) is 8.51. The second-order valence-corrected chi connectivity index (χ2v) is 5.87. The average molecular weight is 327 g/mol. The number of amides is 1. The molecule has 2 saturated carbocycles. The van der Waals surface area contributed by atoms with E-state index in [1.165, 1.54) is 0 Å². The molecule has 0 unspecified atom stereocenters. The smallest absolute Gasteiger partial charge is 0.373 e. The van der Waals surface area contributed by atoms with Crippen molar-refractivity contribution in [1.82, 2.24) is 4.90 Å². The summed E-state index contributed by atoms with van der Waals surface area (Å²) in [6.07, 6.45) is 3.42.